The second-order valence-electron chi connectivity index (χ2n) is 6.21. The highest BCUT2D eigenvalue weighted by Gasteiger charge is 2.14. The zero-order chi connectivity index (χ0) is 19.6. The molecule has 0 saturated carbocycles. The molecule has 0 atom stereocenters. The Labute approximate surface area is 165 Å². The number of hydrogen-bond donors (Lipinski definition) is 1. The molecule has 0 spiro atoms. The lowest BCUT2D eigenvalue weighted by molar-refractivity contribution is -0.129. The van der Waals surface area contributed by atoms with Crippen LogP contribution < -0.4 is 4.90 Å². The van der Waals surface area contributed by atoms with Gasteiger partial charge in [-0.25, -0.2) is 0 Å². The third-order valence-corrected chi connectivity index (χ3v) is 4.54. The molecule has 142 valence electrons. The predicted molar refractivity (Wildman–Crippen MR) is 105 cm³/mol. The monoisotopic (exact) mass is 409 g/mol. The molecule has 2 heterocycles. The second-order valence-corrected chi connectivity index (χ2v) is 7.08. The molecule has 1 amide bonds. The summed E-state index contributed by atoms with van der Waals surface area (Å²) in [6.45, 7) is 2.90. The van der Waals surface area contributed by atoms with E-state index in [1.807, 2.05) is 11.9 Å². The third-order valence-electron chi connectivity index (χ3n) is 4.11. The first-order valence-electron chi connectivity index (χ1n) is 8.25. The Morgan fingerprint density at radius 2 is 1.85 bits per heavy atom. The van der Waals surface area contributed by atoms with E-state index in [1.54, 1.807) is 29.2 Å². The Morgan fingerprint density at radius 1 is 1.15 bits per heavy atom. The van der Waals surface area contributed by atoms with Crippen molar-refractivity contribution in [3.05, 3.63) is 51.9 Å². The Morgan fingerprint density at radius 3 is 2.52 bits per heavy atom. The molecule has 3 rings (SSSR count). The lowest BCUT2D eigenvalue weighted by Gasteiger charge is -2.24. The quantitative estimate of drug-likeness (QED) is 0.627. The highest BCUT2D eigenvalue weighted by Crippen LogP contribution is 2.20. The average molecular weight is 410 g/mol. The van der Waals surface area contributed by atoms with E-state index in [4.69, 9.17) is 23.2 Å². The van der Waals surface area contributed by atoms with Crippen LogP contribution in [0.2, 0.25) is 10.0 Å². The highest BCUT2D eigenvalue weighted by molar-refractivity contribution is 6.34. The third kappa shape index (κ3) is 4.87. The molecule has 0 radical (unpaired) electrons. The number of amides is 1. The predicted octanol–water partition coefficient (Wildman–Crippen LogP) is 3.89. The van der Waals surface area contributed by atoms with Gasteiger partial charge in [-0.3, -0.25) is 4.79 Å². The number of carbonyl (C=O) groups excluding carboxylic acids is 1. The minimum Gasteiger partial charge on any atom is -0.344 e. The van der Waals surface area contributed by atoms with Crippen LogP contribution in [0.1, 0.15) is 12.5 Å². The van der Waals surface area contributed by atoms with Gasteiger partial charge in [-0.1, -0.05) is 23.2 Å². The van der Waals surface area contributed by atoms with Crippen molar-refractivity contribution in [3.63, 3.8) is 0 Å². The van der Waals surface area contributed by atoms with Crippen LogP contribution in [0.5, 0.6) is 0 Å². The number of anilines is 1. The smallest absolute Gasteiger partial charge is 0.219 e. The number of H-pyrrole nitrogens is 1. The van der Waals surface area contributed by atoms with Gasteiger partial charge in [-0.05, 0) is 35.9 Å². The fraction of sp³-hybridized carbons (Fsp3) is 0.278. The van der Waals surface area contributed by atoms with E-state index in [1.165, 1.54) is 13.0 Å². The van der Waals surface area contributed by atoms with Crippen molar-refractivity contribution in [1.82, 2.24) is 19.9 Å². The van der Waals surface area contributed by atoms with E-state index in [0.717, 1.165) is 5.56 Å². The summed E-state index contributed by atoms with van der Waals surface area (Å²) in [7, 11) is 1.84. The van der Waals surface area contributed by atoms with E-state index in [2.05, 4.69) is 15.0 Å². The van der Waals surface area contributed by atoms with Crippen LogP contribution >= 0.6 is 23.2 Å². The van der Waals surface area contributed by atoms with Gasteiger partial charge in [0, 0.05) is 43.7 Å². The molecular formula is C18H18Cl2FN5O. The van der Waals surface area contributed by atoms with Crippen molar-refractivity contribution in [1.29, 1.82) is 0 Å². The number of aromatic nitrogens is 3. The first kappa shape index (κ1) is 19.4. The number of nitrogens with zero attached hydrogens (tertiary/aromatic N) is 4. The fourth-order valence-corrected chi connectivity index (χ4v) is 3.26. The van der Waals surface area contributed by atoms with Crippen LogP contribution in [0.3, 0.4) is 0 Å². The van der Waals surface area contributed by atoms with Crippen LogP contribution in [-0.4, -0.2) is 45.9 Å². The molecule has 1 N–H and O–H groups in total. The summed E-state index contributed by atoms with van der Waals surface area (Å²) in [4.78, 5) is 26.7. The molecule has 0 saturated heterocycles. The molecule has 0 aliphatic rings. The Balaban J connectivity index is 1.68. The summed E-state index contributed by atoms with van der Waals surface area (Å²) in [5.74, 6) is -0.0867. The van der Waals surface area contributed by atoms with Crippen molar-refractivity contribution in [2.45, 2.75) is 13.5 Å². The lowest BCUT2D eigenvalue weighted by Crippen LogP contribution is -2.36. The number of rotatable bonds is 6. The van der Waals surface area contributed by atoms with Gasteiger partial charge in [-0.15, -0.1) is 0 Å². The highest BCUT2D eigenvalue weighted by atomic mass is 35.5. The number of fused-ring (bicyclic) bond motifs is 1. The van der Waals surface area contributed by atoms with Crippen molar-refractivity contribution in [2.75, 3.05) is 25.0 Å². The number of likely N-dealkylation sites (N-methyl/N-ethyl adjacent to an activating group) is 1. The van der Waals surface area contributed by atoms with Crippen molar-refractivity contribution in [3.8, 4) is 0 Å². The molecule has 0 unspecified atom stereocenters. The maximum Gasteiger partial charge on any atom is 0.219 e. The first-order valence-corrected chi connectivity index (χ1v) is 9.01. The minimum atomic E-state index is -0.578. The van der Waals surface area contributed by atoms with Gasteiger partial charge in [0.1, 0.15) is 0 Å². The Hall–Kier alpha value is -2.38. The number of nitrogens with one attached hydrogen (secondary N) is 1. The number of hydrogen-bond acceptors (Lipinski definition) is 4. The number of aromatic amines is 1. The Kier molecular flexibility index (Phi) is 5.82. The zero-order valence-electron chi connectivity index (χ0n) is 14.8. The number of halogens is 3. The second kappa shape index (κ2) is 8.10. The molecule has 1 aromatic carbocycles. The van der Waals surface area contributed by atoms with Crippen LogP contribution in [0.4, 0.5) is 10.3 Å². The molecule has 0 aliphatic carbocycles. The largest absolute Gasteiger partial charge is 0.344 e. The van der Waals surface area contributed by atoms with Gasteiger partial charge in [-0.2, -0.15) is 14.4 Å². The van der Waals surface area contributed by atoms with Crippen LogP contribution in [0, 0.1) is 5.95 Å². The van der Waals surface area contributed by atoms with Crippen LogP contribution in [0.25, 0.3) is 11.2 Å². The molecule has 0 bridgehead atoms. The zero-order valence-corrected chi connectivity index (χ0v) is 16.4. The molecule has 9 heteroatoms. The first-order chi connectivity index (χ1) is 12.8. The number of pyridine rings is 1. The van der Waals surface area contributed by atoms with Gasteiger partial charge in [0.05, 0.1) is 5.52 Å². The van der Waals surface area contributed by atoms with E-state index in [0.29, 0.717) is 46.8 Å². The summed E-state index contributed by atoms with van der Waals surface area (Å²) in [6, 6.07) is 8.08. The summed E-state index contributed by atoms with van der Waals surface area (Å²) in [5.41, 5.74) is 1.82. The van der Waals surface area contributed by atoms with Crippen molar-refractivity contribution >= 4 is 46.2 Å². The molecule has 0 fully saturated rings. The van der Waals surface area contributed by atoms with Gasteiger partial charge in [0.15, 0.2) is 5.65 Å². The molecule has 27 heavy (non-hydrogen) atoms. The number of imidazole rings is 1. The van der Waals surface area contributed by atoms with Crippen molar-refractivity contribution in [2.24, 2.45) is 0 Å². The summed E-state index contributed by atoms with van der Waals surface area (Å²) in [6.07, 6.45) is 0. The normalized spacial score (nSPS) is 11.0. The maximum absolute atomic E-state index is 13.2. The van der Waals surface area contributed by atoms with Crippen LogP contribution in [-0.2, 0) is 11.3 Å². The molecule has 2 aromatic heterocycles. The van der Waals surface area contributed by atoms with E-state index >= 15 is 0 Å². The summed E-state index contributed by atoms with van der Waals surface area (Å²) in [5, 5.41) is 1.06. The molecule has 0 aliphatic heterocycles. The SMILES string of the molecule is CC(=O)N(CCN(C)c1nc2nc(F)ccc2[nH]1)Cc1cc(Cl)cc(Cl)c1. The van der Waals surface area contributed by atoms with E-state index in [9.17, 15) is 9.18 Å². The van der Waals surface area contributed by atoms with Gasteiger partial charge < -0.3 is 14.8 Å². The van der Waals surface area contributed by atoms with Gasteiger partial charge in [0.2, 0.25) is 17.8 Å². The molecular weight excluding hydrogens is 392 g/mol. The van der Waals surface area contributed by atoms with Gasteiger partial charge in [0.25, 0.3) is 0 Å². The lowest BCUT2D eigenvalue weighted by atomic mass is 10.2. The standard InChI is InChI=1S/C18H18Cl2FN5O/c1-11(27)26(10-12-7-13(19)9-14(20)8-12)6-5-25(2)18-22-15-3-4-16(21)23-17(15)24-18/h3-4,7-9H,5-6,10H2,1-2H3,(H,22,23,24). The molecule has 3 aromatic rings. The topological polar surface area (TPSA) is 65.1 Å². The van der Waals surface area contributed by atoms with Gasteiger partial charge >= 0.3 is 0 Å². The Bertz CT molecular complexity index is 957. The van der Waals surface area contributed by atoms with Crippen LogP contribution in [0.15, 0.2) is 30.3 Å². The van der Waals surface area contributed by atoms with Crippen molar-refractivity contribution < 1.29 is 9.18 Å². The van der Waals surface area contributed by atoms with E-state index < -0.39 is 5.95 Å². The number of benzene rings is 1. The molecule has 6 nitrogen and oxygen atoms in total. The summed E-state index contributed by atoms with van der Waals surface area (Å²) < 4.78 is 13.2. The maximum atomic E-state index is 13.2. The fourth-order valence-electron chi connectivity index (χ4n) is 2.68. The average Bonchev–Trinajstić information content (AvgIpc) is 3.00. The minimum absolute atomic E-state index is 0.0622. The number of carbonyl (C=O) groups is 1. The summed E-state index contributed by atoms with van der Waals surface area (Å²) >= 11 is 12.1. The van der Waals surface area contributed by atoms with E-state index in [-0.39, 0.29) is 5.91 Å².